The monoisotopic (exact) mass is 287 g/mol. The highest BCUT2D eigenvalue weighted by Crippen LogP contribution is 2.11. The van der Waals surface area contributed by atoms with Gasteiger partial charge < -0.3 is 9.73 Å². The van der Waals surface area contributed by atoms with Gasteiger partial charge in [-0.1, -0.05) is 29.3 Å². The first kappa shape index (κ1) is 13.3. The number of amides is 1. The lowest BCUT2D eigenvalue weighted by Gasteiger charge is -2.13. The third-order valence-corrected chi connectivity index (χ3v) is 3.21. The van der Waals surface area contributed by atoms with Gasteiger partial charge in [-0.15, -0.1) is 0 Å². The Kier molecular flexibility index (Phi) is 5.60. The quantitative estimate of drug-likeness (QED) is 0.817. The van der Waals surface area contributed by atoms with Gasteiger partial charge in [0.1, 0.15) is 5.76 Å². The molecule has 0 saturated heterocycles. The van der Waals surface area contributed by atoms with Crippen LogP contribution in [0.5, 0.6) is 0 Å². The van der Waals surface area contributed by atoms with Crippen LogP contribution in [0, 0.1) is 12.8 Å². The number of hydrogen-bond donors (Lipinski definition) is 1. The van der Waals surface area contributed by atoms with Crippen molar-refractivity contribution in [2.24, 2.45) is 5.92 Å². The lowest BCUT2D eigenvalue weighted by atomic mass is 10.0. The summed E-state index contributed by atoms with van der Waals surface area (Å²) < 4.78 is 5.10. The van der Waals surface area contributed by atoms with E-state index in [1.165, 1.54) is 0 Å². The second kappa shape index (κ2) is 6.74. The van der Waals surface area contributed by atoms with E-state index in [2.05, 4.69) is 28.2 Å². The summed E-state index contributed by atoms with van der Waals surface area (Å²) in [7, 11) is 0. The maximum atomic E-state index is 11.8. The minimum Gasteiger partial charge on any atom is -0.469 e. The van der Waals surface area contributed by atoms with Crippen LogP contribution in [-0.4, -0.2) is 17.8 Å². The molecular formula is C12H18BrNO2. The van der Waals surface area contributed by atoms with Gasteiger partial charge in [0.15, 0.2) is 0 Å². The Balaban J connectivity index is 2.43. The van der Waals surface area contributed by atoms with E-state index in [1.54, 1.807) is 19.3 Å². The van der Waals surface area contributed by atoms with Gasteiger partial charge in [-0.05, 0) is 25.3 Å². The third-order valence-electron chi connectivity index (χ3n) is 2.75. The zero-order valence-corrected chi connectivity index (χ0v) is 11.3. The molecule has 0 bridgehead atoms. The highest BCUT2D eigenvalue weighted by atomic mass is 79.9. The highest BCUT2D eigenvalue weighted by molar-refractivity contribution is 9.09. The van der Waals surface area contributed by atoms with E-state index >= 15 is 0 Å². The maximum Gasteiger partial charge on any atom is 0.254 e. The largest absolute Gasteiger partial charge is 0.469 e. The fourth-order valence-electron chi connectivity index (χ4n) is 1.56. The Bertz CT molecular complexity index is 336. The van der Waals surface area contributed by atoms with Gasteiger partial charge in [0.05, 0.1) is 11.8 Å². The van der Waals surface area contributed by atoms with E-state index in [0.29, 0.717) is 17.2 Å². The van der Waals surface area contributed by atoms with E-state index in [4.69, 9.17) is 4.42 Å². The fourth-order valence-corrected chi connectivity index (χ4v) is 2.21. The predicted molar refractivity (Wildman–Crippen MR) is 68.0 cm³/mol. The molecule has 1 atom stereocenters. The Morgan fingerprint density at radius 1 is 1.62 bits per heavy atom. The Labute approximate surface area is 105 Å². The summed E-state index contributed by atoms with van der Waals surface area (Å²) in [5.74, 6) is 1.17. The Morgan fingerprint density at radius 2 is 2.38 bits per heavy atom. The molecule has 0 aliphatic carbocycles. The molecule has 1 N–H and O–H groups in total. The van der Waals surface area contributed by atoms with Crippen molar-refractivity contribution in [2.75, 3.05) is 11.9 Å². The van der Waals surface area contributed by atoms with E-state index in [9.17, 15) is 4.79 Å². The average molecular weight is 288 g/mol. The number of carbonyl (C=O) groups excluding carboxylic acids is 1. The number of halogens is 1. The molecule has 0 spiro atoms. The van der Waals surface area contributed by atoms with Crippen molar-refractivity contribution in [2.45, 2.75) is 26.7 Å². The normalized spacial score (nSPS) is 12.4. The standard InChI is InChI=1S/C12H18BrNO2/c1-3-10(4-6-13)8-14-12(15)11-5-7-16-9(11)2/h5,7,10H,3-4,6,8H2,1-2H3,(H,14,15). The number of rotatable bonds is 6. The van der Waals surface area contributed by atoms with Crippen LogP contribution >= 0.6 is 15.9 Å². The molecule has 0 fully saturated rings. The Morgan fingerprint density at radius 3 is 2.88 bits per heavy atom. The first-order chi connectivity index (χ1) is 7.69. The minimum atomic E-state index is -0.0423. The van der Waals surface area contributed by atoms with Crippen LogP contribution in [0.3, 0.4) is 0 Å². The van der Waals surface area contributed by atoms with Crippen LogP contribution in [0.2, 0.25) is 0 Å². The molecule has 1 heterocycles. The summed E-state index contributed by atoms with van der Waals surface area (Å²) in [5.41, 5.74) is 0.633. The van der Waals surface area contributed by atoms with E-state index in [0.717, 1.165) is 24.7 Å². The average Bonchev–Trinajstić information content (AvgIpc) is 2.70. The van der Waals surface area contributed by atoms with E-state index < -0.39 is 0 Å². The number of alkyl halides is 1. The summed E-state index contributed by atoms with van der Waals surface area (Å²) >= 11 is 3.42. The molecule has 1 unspecified atom stereocenters. The summed E-state index contributed by atoms with van der Waals surface area (Å²) in [6, 6.07) is 1.70. The molecule has 0 aliphatic rings. The fraction of sp³-hybridized carbons (Fsp3) is 0.583. The van der Waals surface area contributed by atoms with Crippen molar-refractivity contribution in [3.8, 4) is 0 Å². The molecule has 3 nitrogen and oxygen atoms in total. The second-order valence-corrected chi connectivity index (χ2v) is 4.65. The van der Waals surface area contributed by atoms with Crippen molar-refractivity contribution >= 4 is 21.8 Å². The molecular weight excluding hydrogens is 270 g/mol. The minimum absolute atomic E-state index is 0.0423. The summed E-state index contributed by atoms with van der Waals surface area (Å²) in [6.07, 6.45) is 3.71. The van der Waals surface area contributed by atoms with Crippen molar-refractivity contribution in [3.05, 3.63) is 23.7 Å². The summed E-state index contributed by atoms with van der Waals surface area (Å²) in [4.78, 5) is 11.8. The molecule has 16 heavy (non-hydrogen) atoms. The number of hydrogen-bond acceptors (Lipinski definition) is 2. The molecule has 1 amide bonds. The zero-order chi connectivity index (χ0) is 12.0. The smallest absolute Gasteiger partial charge is 0.254 e. The lowest BCUT2D eigenvalue weighted by molar-refractivity contribution is 0.0945. The number of furan rings is 1. The van der Waals surface area contributed by atoms with Crippen LogP contribution in [0.4, 0.5) is 0 Å². The van der Waals surface area contributed by atoms with Crippen molar-refractivity contribution in [1.29, 1.82) is 0 Å². The van der Waals surface area contributed by atoms with Crippen molar-refractivity contribution < 1.29 is 9.21 Å². The zero-order valence-electron chi connectivity index (χ0n) is 9.75. The molecule has 0 radical (unpaired) electrons. The number of nitrogens with one attached hydrogen (secondary N) is 1. The van der Waals surface area contributed by atoms with Gasteiger partial charge in [-0.25, -0.2) is 0 Å². The first-order valence-corrected chi connectivity index (χ1v) is 6.69. The van der Waals surface area contributed by atoms with Crippen LogP contribution in [0.15, 0.2) is 16.7 Å². The second-order valence-electron chi connectivity index (χ2n) is 3.85. The van der Waals surface area contributed by atoms with Crippen molar-refractivity contribution in [1.82, 2.24) is 5.32 Å². The molecule has 1 rings (SSSR count). The number of carbonyl (C=O) groups is 1. The Hall–Kier alpha value is -0.770. The molecule has 0 aromatic carbocycles. The van der Waals surface area contributed by atoms with Gasteiger partial charge in [0, 0.05) is 11.9 Å². The number of aryl methyl sites for hydroxylation is 1. The molecule has 0 aliphatic heterocycles. The summed E-state index contributed by atoms with van der Waals surface area (Å²) in [5, 5.41) is 3.92. The first-order valence-electron chi connectivity index (χ1n) is 5.57. The van der Waals surface area contributed by atoms with Crippen molar-refractivity contribution in [3.63, 3.8) is 0 Å². The SMILES string of the molecule is CCC(CCBr)CNC(=O)c1ccoc1C. The maximum absolute atomic E-state index is 11.8. The van der Waals surface area contributed by atoms with Gasteiger partial charge in [-0.2, -0.15) is 0 Å². The summed E-state index contributed by atoms with van der Waals surface area (Å²) in [6.45, 7) is 4.67. The molecule has 90 valence electrons. The van der Waals surface area contributed by atoms with Crippen LogP contribution in [0.1, 0.15) is 35.9 Å². The molecule has 0 saturated carbocycles. The van der Waals surface area contributed by atoms with Gasteiger partial charge >= 0.3 is 0 Å². The van der Waals surface area contributed by atoms with E-state index in [-0.39, 0.29) is 5.91 Å². The topological polar surface area (TPSA) is 42.2 Å². The predicted octanol–water partition coefficient (Wildman–Crippen LogP) is 3.13. The van der Waals surface area contributed by atoms with Crippen LogP contribution in [0.25, 0.3) is 0 Å². The molecule has 1 aromatic heterocycles. The van der Waals surface area contributed by atoms with E-state index in [1.807, 2.05) is 0 Å². The molecule has 4 heteroatoms. The van der Waals surface area contributed by atoms with Crippen LogP contribution < -0.4 is 5.32 Å². The molecule has 1 aromatic rings. The third kappa shape index (κ3) is 3.67. The van der Waals surface area contributed by atoms with Gasteiger partial charge in [0.25, 0.3) is 5.91 Å². The van der Waals surface area contributed by atoms with Crippen LogP contribution in [-0.2, 0) is 0 Å². The lowest BCUT2D eigenvalue weighted by Crippen LogP contribution is -2.29. The van der Waals surface area contributed by atoms with Gasteiger partial charge in [-0.3, -0.25) is 4.79 Å². The highest BCUT2D eigenvalue weighted by Gasteiger charge is 2.12. The van der Waals surface area contributed by atoms with Gasteiger partial charge in [0.2, 0.25) is 0 Å².